The van der Waals surface area contributed by atoms with Crippen molar-refractivity contribution in [3.05, 3.63) is 61.3 Å². The van der Waals surface area contributed by atoms with Gasteiger partial charge in [0.2, 0.25) is 0 Å². The summed E-state index contributed by atoms with van der Waals surface area (Å²) in [4.78, 5) is 20.0. The third-order valence-corrected chi connectivity index (χ3v) is 2.60. The molecule has 0 saturated carbocycles. The molecule has 0 spiro atoms. The average molecular weight is 283 g/mol. The smallest absolute Gasteiger partial charge is 0.358 e. The molecule has 1 heterocycles. The highest BCUT2D eigenvalue weighted by atomic mass is 35.5. The van der Waals surface area contributed by atoms with Gasteiger partial charge in [-0.2, -0.15) is 4.68 Å². The molecule has 0 amide bonds. The van der Waals surface area contributed by atoms with Crippen molar-refractivity contribution in [3.63, 3.8) is 0 Å². The van der Waals surface area contributed by atoms with Crippen molar-refractivity contribution in [1.82, 2.24) is 9.78 Å². The fourth-order valence-electron chi connectivity index (χ4n) is 1.55. The Morgan fingerprint density at radius 2 is 2.00 bits per heavy atom. The molecule has 9 heteroatoms. The van der Waals surface area contributed by atoms with Gasteiger partial charge in [-0.05, 0) is 10.5 Å². The van der Waals surface area contributed by atoms with Crippen LogP contribution in [0.15, 0.2) is 30.5 Å². The maximum Gasteiger partial charge on any atom is 0.408 e. The summed E-state index contributed by atoms with van der Waals surface area (Å²) in [5.74, 6) is -0.438. The molecule has 0 atom stereocenters. The quantitative estimate of drug-likeness (QED) is 0.632. The zero-order valence-corrected chi connectivity index (χ0v) is 10.1. The minimum atomic E-state index is -0.688. The fraction of sp³-hybridized carbons (Fsp3) is 0.100. The maximum absolute atomic E-state index is 10.6. The minimum Gasteiger partial charge on any atom is -0.358 e. The number of nitro groups is 2. The Morgan fingerprint density at radius 3 is 2.58 bits per heavy atom. The van der Waals surface area contributed by atoms with E-state index < -0.39 is 15.7 Å². The maximum atomic E-state index is 10.6. The van der Waals surface area contributed by atoms with Gasteiger partial charge in [0, 0.05) is 12.1 Å². The molecule has 0 radical (unpaired) electrons. The second kappa shape index (κ2) is 5.02. The lowest BCUT2D eigenvalue weighted by molar-refractivity contribution is -0.389. The molecule has 1 aromatic heterocycles. The van der Waals surface area contributed by atoms with E-state index >= 15 is 0 Å². The average Bonchev–Trinajstić information content (AvgIpc) is 2.70. The molecule has 0 unspecified atom stereocenters. The largest absolute Gasteiger partial charge is 0.408 e. The number of nitro benzene ring substituents is 1. The number of halogens is 1. The summed E-state index contributed by atoms with van der Waals surface area (Å²) >= 11 is 5.65. The van der Waals surface area contributed by atoms with Gasteiger partial charge in [0.15, 0.2) is 5.02 Å². The number of rotatable bonds is 4. The molecule has 0 aliphatic heterocycles. The van der Waals surface area contributed by atoms with E-state index in [1.54, 1.807) is 6.07 Å². The van der Waals surface area contributed by atoms with Crippen LogP contribution in [0.3, 0.4) is 0 Å². The SMILES string of the molecule is O=[N+]([O-])c1cccc(Cn2cc(Cl)c([N+](=O)[O-])n2)c1. The summed E-state index contributed by atoms with van der Waals surface area (Å²) in [6, 6.07) is 5.94. The minimum absolute atomic E-state index is 0.0507. The van der Waals surface area contributed by atoms with Gasteiger partial charge in [0.25, 0.3) is 5.69 Å². The zero-order valence-electron chi connectivity index (χ0n) is 9.39. The predicted octanol–water partition coefficient (Wildman–Crippen LogP) is 2.40. The van der Waals surface area contributed by atoms with Crippen LogP contribution >= 0.6 is 11.6 Å². The monoisotopic (exact) mass is 282 g/mol. The first-order valence-corrected chi connectivity index (χ1v) is 5.46. The van der Waals surface area contributed by atoms with E-state index in [0.29, 0.717) is 5.56 Å². The predicted molar refractivity (Wildman–Crippen MR) is 66.1 cm³/mol. The Balaban J connectivity index is 2.26. The van der Waals surface area contributed by atoms with E-state index in [1.165, 1.54) is 29.1 Å². The van der Waals surface area contributed by atoms with Gasteiger partial charge in [0.05, 0.1) is 22.8 Å². The van der Waals surface area contributed by atoms with Crippen LogP contribution in [0.25, 0.3) is 0 Å². The molecule has 2 aromatic rings. The molecule has 1 aromatic carbocycles. The highest BCUT2D eigenvalue weighted by Crippen LogP contribution is 2.22. The van der Waals surface area contributed by atoms with Crippen molar-refractivity contribution in [1.29, 1.82) is 0 Å². The molecule has 98 valence electrons. The second-order valence-electron chi connectivity index (χ2n) is 3.68. The van der Waals surface area contributed by atoms with Crippen molar-refractivity contribution in [2.45, 2.75) is 6.54 Å². The first-order valence-electron chi connectivity index (χ1n) is 5.08. The lowest BCUT2D eigenvalue weighted by Crippen LogP contribution is -2.01. The van der Waals surface area contributed by atoms with E-state index in [4.69, 9.17) is 11.6 Å². The van der Waals surface area contributed by atoms with E-state index in [-0.39, 0.29) is 17.3 Å². The number of non-ortho nitro benzene ring substituents is 1. The van der Waals surface area contributed by atoms with Gasteiger partial charge in [-0.1, -0.05) is 23.7 Å². The van der Waals surface area contributed by atoms with Gasteiger partial charge < -0.3 is 10.1 Å². The van der Waals surface area contributed by atoms with Crippen molar-refractivity contribution in [3.8, 4) is 0 Å². The van der Waals surface area contributed by atoms with Crippen LogP contribution < -0.4 is 0 Å². The summed E-state index contributed by atoms with van der Waals surface area (Å²) in [7, 11) is 0. The molecule has 0 saturated heterocycles. The van der Waals surface area contributed by atoms with Gasteiger partial charge in [0.1, 0.15) is 0 Å². The number of aromatic nitrogens is 2. The summed E-state index contributed by atoms with van der Waals surface area (Å²) in [5, 5.41) is 24.8. The van der Waals surface area contributed by atoms with Gasteiger partial charge in [-0.15, -0.1) is 0 Å². The molecule has 0 bridgehead atoms. The molecule has 0 N–H and O–H groups in total. The summed E-state index contributed by atoms with van der Waals surface area (Å²) in [6.45, 7) is 0.162. The number of benzene rings is 1. The Bertz CT molecular complexity index is 655. The van der Waals surface area contributed by atoms with E-state index in [0.717, 1.165) is 0 Å². The van der Waals surface area contributed by atoms with Crippen molar-refractivity contribution in [2.75, 3.05) is 0 Å². The molecule has 2 rings (SSSR count). The van der Waals surface area contributed by atoms with Crippen molar-refractivity contribution >= 4 is 23.1 Å². The lowest BCUT2D eigenvalue weighted by Gasteiger charge is -1.98. The molecule has 19 heavy (non-hydrogen) atoms. The lowest BCUT2D eigenvalue weighted by atomic mass is 10.2. The van der Waals surface area contributed by atoms with Crippen molar-refractivity contribution in [2.24, 2.45) is 0 Å². The van der Waals surface area contributed by atoms with Gasteiger partial charge in [-0.3, -0.25) is 10.1 Å². The molecule has 8 nitrogen and oxygen atoms in total. The van der Waals surface area contributed by atoms with Crippen LogP contribution in [-0.2, 0) is 6.54 Å². The van der Waals surface area contributed by atoms with Crippen LogP contribution in [0.2, 0.25) is 5.02 Å². The van der Waals surface area contributed by atoms with E-state index in [2.05, 4.69) is 5.10 Å². The molecule has 0 aliphatic rings. The van der Waals surface area contributed by atoms with Gasteiger partial charge >= 0.3 is 5.82 Å². The molecule has 0 fully saturated rings. The van der Waals surface area contributed by atoms with E-state index in [1.807, 2.05) is 0 Å². The summed E-state index contributed by atoms with van der Waals surface area (Å²) in [5.41, 5.74) is 0.550. The third kappa shape index (κ3) is 2.86. The topological polar surface area (TPSA) is 104 Å². The van der Waals surface area contributed by atoms with Crippen LogP contribution in [0.4, 0.5) is 11.5 Å². The van der Waals surface area contributed by atoms with Gasteiger partial charge in [-0.25, -0.2) is 0 Å². The van der Waals surface area contributed by atoms with Crippen LogP contribution in [0, 0.1) is 20.2 Å². The van der Waals surface area contributed by atoms with Crippen LogP contribution in [0.1, 0.15) is 5.56 Å². The Morgan fingerprint density at radius 1 is 1.26 bits per heavy atom. The summed E-state index contributed by atoms with van der Waals surface area (Å²) < 4.78 is 1.26. The highest BCUT2D eigenvalue weighted by Gasteiger charge is 2.19. The van der Waals surface area contributed by atoms with Crippen LogP contribution in [0.5, 0.6) is 0 Å². The van der Waals surface area contributed by atoms with Crippen molar-refractivity contribution < 1.29 is 9.85 Å². The van der Waals surface area contributed by atoms with E-state index in [9.17, 15) is 20.2 Å². The molecular weight excluding hydrogens is 276 g/mol. The fourth-order valence-corrected chi connectivity index (χ4v) is 1.77. The number of nitrogens with zero attached hydrogens (tertiary/aromatic N) is 4. The normalized spacial score (nSPS) is 10.4. The molecular formula is C10H7ClN4O4. The number of hydrogen-bond acceptors (Lipinski definition) is 5. The second-order valence-corrected chi connectivity index (χ2v) is 4.09. The first-order chi connectivity index (χ1) is 8.97. The Labute approximate surface area is 111 Å². The Hall–Kier alpha value is -2.48. The highest BCUT2D eigenvalue weighted by molar-refractivity contribution is 6.32. The zero-order chi connectivity index (χ0) is 14.0. The summed E-state index contributed by atoms with van der Waals surface area (Å²) in [6.07, 6.45) is 1.30. The van der Waals surface area contributed by atoms with Crippen LogP contribution in [-0.4, -0.2) is 19.6 Å². The standard InChI is InChI=1S/C10H7ClN4O4/c11-9-6-13(12-10(9)15(18)19)5-7-2-1-3-8(4-7)14(16)17/h1-4,6H,5H2. The Kier molecular flexibility index (Phi) is 3.43. The number of hydrogen-bond donors (Lipinski definition) is 0. The molecule has 0 aliphatic carbocycles. The third-order valence-electron chi connectivity index (χ3n) is 2.34. The first kappa shape index (κ1) is 13.0.